The fourth-order valence-electron chi connectivity index (χ4n) is 2.98. The summed E-state index contributed by atoms with van der Waals surface area (Å²) in [5.41, 5.74) is -2.68. The zero-order valence-corrected chi connectivity index (χ0v) is 18.5. The van der Waals surface area contributed by atoms with Crippen molar-refractivity contribution in [2.45, 2.75) is 52.1 Å². The van der Waals surface area contributed by atoms with E-state index in [-0.39, 0.29) is 11.3 Å². The molecule has 2 aromatic rings. The lowest BCUT2D eigenvalue weighted by Gasteiger charge is -2.24. The minimum absolute atomic E-state index is 0.211. The maximum absolute atomic E-state index is 13.9. The highest BCUT2D eigenvalue weighted by Gasteiger charge is 2.35. The van der Waals surface area contributed by atoms with Crippen molar-refractivity contribution in [3.8, 4) is 5.75 Å². The van der Waals surface area contributed by atoms with Gasteiger partial charge in [-0.2, -0.15) is 13.2 Å². The molecule has 0 aromatic heterocycles. The van der Waals surface area contributed by atoms with Gasteiger partial charge < -0.3 is 10.4 Å². The third kappa shape index (κ3) is 4.94. The first-order valence-electron chi connectivity index (χ1n) is 8.88. The Kier molecular flexibility index (Phi) is 6.29. The van der Waals surface area contributed by atoms with Crippen LogP contribution < -0.4 is 5.32 Å². The van der Waals surface area contributed by atoms with Crippen LogP contribution in [0.3, 0.4) is 0 Å². The Hall–Kier alpha value is -2.16. The Morgan fingerprint density at radius 2 is 1.57 bits per heavy atom. The number of aromatic hydroxyl groups is 1. The van der Waals surface area contributed by atoms with Gasteiger partial charge in [0.2, 0.25) is 0 Å². The number of alkyl halides is 5. The van der Waals surface area contributed by atoms with Crippen molar-refractivity contribution in [2.24, 2.45) is 0 Å². The van der Waals surface area contributed by atoms with Crippen LogP contribution in [-0.2, 0) is 17.5 Å². The average Bonchev–Trinajstić information content (AvgIpc) is 2.55. The van der Waals surface area contributed by atoms with Crippen molar-refractivity contribution in [1.82, 2.24) is 0 Å². The highest BCUT2D eigenvalue weighted by atomic mass is 79.9. The Morgan fingerprint density at radius 3 is 2.03 bits per heavy atom. The Bertz CT molecular complexity index is 989. The number of phenols is 1. The molecule has 0 bridgehead atoms. The average molecular weight is 494 g/mol. The summed E-state index contributed by atoms with van der Waals surface area (Å²) in [6.45, 7) is 7.44. The standard InChI is InChI=1S/C21H21BrF5NO2/c1-10-14(22)9-13(19(2,3)4)17(29)16(10)18(30)28-15-8-11(21(25,26)27)6-7-12(15)20(5,23)24/h6-9,29H,1-5H3,(H,28,30). The predicted molar refractivity (Wildman–Crippen MR) is 108 cm³/mol. The summed E-state index contributed by atoms with van der Waals surface area (Å²) >= 11 is 3.30. The van der Waals surface area contributed by atoms with E-state index in [0.717, 1.165) is 0 Å². The second kappa shape index (κ2) is 7.83. The van der Waals surface area contributed by atoms with Crippen LogP contribution in [0.2, 0.25) is 0 Å². The Balaban J connectivity index is 2.64. The molecule has 0 aliphatic rings. The normalized spacial score (nSPS) is 12.8. The largest absolute Gasteiger partial charge is 0.507 e. The molecule has 0 spiro atoms. The van der Waals surface area contributed by atoms with Crippen molar-refractivity contribution in [3.63, 3.8) is 0 Å². The van der Waals surface area contributed by atoms with Gasteiger partial charge in [0, 0.05) is 22.5 Å². The number of hydrogen-bond donors (Lipinski definition) is 2. The molecule has 0 unspecified atom stereocenters. The summed E-state index contributed by atoms with van der Waals surface area (Å²) in [5.74, 6) is -4.86. The van der Waals surface area contributed by atoms with Crippen LogP contribution >= 0.6 is 15.9 Å². The predicted octanol–water partition coefficient (Wildman–Crippen LogP) is 7.14. The van der Waals surface area contributed by atoms with E-state index >= 15 is 0 Å². The van der Waals surface area contributed by atoms with Gasteiger partial charge in [0.05, 0.1) is 16.8 Å². The zero-order chi connectivity index (χ0) is 23.2. The summed E-state index contributed by atoms with van der Waals surface area (Å²) in [5, 5.41) is 12.8. The molecule has 2 rings (SSSR count). The zero-order valence-electron chi connectivity index (χ0n) is 16.9. The molecule has 30 heavy (non-hydrogen) atoms. The van der Waals surface area contributed by atoms with Crippen molar-refractivity contribution < 1.29 is 31.9 Å². The second-order valence-corrected chi connectivity index (χ2v) is 8.96. The van der Waals surface area contributed by atoms with Gasteiger partial charge >= 0.3 is 6.18 Å². The van der Waals surface area contributed by atoms with E-state index in [2.05, 4.69) is 21.2 Å². The molecule has 0 heterocycles. The minimum Gasteiger partial charge on any atom is -0.507 e. The third-order valence-corrected chi connectivity index (χ3v) is 5.42. The molecule has 164 valence electrons. The number of benzene rings is 2. The highest BCUT2D eigenvalue weighted by Crippen LogP contribution is 2.41. The fourth-order valence-corrected chi connectivity index (χ4v) is 3.40. The van der Waals surface area contributed by atoms with Crippen molar-refractivity contribution in [1.29, 1.82) is 0 Å². The summed E-state index contributed by atoms with van der Waals surface area (Å²) in [7, 11) is 0. The first kappa shape index (κ1) is 24.1. The van der Waals surface area contributed by atoms with Crippen molar-refractivity contribution >= 4 is 27.5 Å². The quantitative estimate of drug-likeness (QED) is 0.446. The van der Waals surface area contributed by atoms with E-state index < -0.39 is 40.2 Å². The molecule has 0 saturated carbocycles. The number of carbonyl (C=O) groups excluding carboxylic acids is 1. The Labute approximate surface area is 179 Å². The van der Waals surface area contributed by atoms with Gasteiger partial charge in [-0.3, -0.25) is 4.79 Å². The lowest BCUT2D eigenvalue weighted by atomic mass is 9.84. The van der Waals surface area contributed by atoms with E-state index in [4.69, 9.17) is 0 Å². The second-order valence-electron chi connectivity index (χ2n) is 8.11. The maximum Gasteiger partial charge on any atom is 0.416 e. The summed E-state index contributed by atoms with van der Waals surface area (Å²) < 4.78 is 67.6. The van der Waals surface area contributed by atoms with Crippen molar-refractivity contribution in [3.05, 3.63) is 56.6 Å². The van der Waals surface area contributed by atoms with Gasteiger partial charge in [-0.25, -0.2) is 8.78 Å². The molecular weight excluding hydrogens is 473 g/mol. The lowest BCUT2D eigenvalue weighted by Crippen LogP contribution is -2.21. The highest BCUT2D eigenvalue weighted by molar-refractivity contribution is 9.10. The lowest BCUT2D eigenvalue weighted by molar-refractivity contribution is -0.137. The van der Waals surface area contributed by atoms with E-state index in [0.29, 0.717) is 40.7 Å². The van der Waals surface area contributed by atoms with Gasteiger partial charge in [0.25, 0.3) is 11.8 Å². The number of nitrogens with one attached hydrogen (secondary N) is 1. The van der Waals surface area contributed by atoms with E-state index in [1.807, 2.05) is 0 Å². The molecular formula is C21H21BrF5NO2. The van der Waals surface area contributed by atoms with Crippen LogP contribution in [0.15, 0.2) is 28.7 Å². The number of carbonyl (C=O) groups is 1. The van der Waals surface area contributed by atoms with E-state index in [1.54, 1.807) is 26.8 Å². The molecule has 0 saturated heterocycles. The number of anilines is 1. The summed E-state index contributed by atoms with van der Waals surface area (Å²) in [6.07, 6.45) is -4.78. The molecule has 2 N–H and O–H groups in total. The van der Waals surface area contributed by atoms with Crippen LogP contribution in [0.5, 0.6) is 5.75 Å². The van der Waals surface area contributed by atoms with Crippen LogP contribution in [-0.4, -0.2) is 11.0 Å². The number of halogens is 6. The molecule has 0 aliphatic carbocycles. The number of hydrogen-bond acceptors (Lipinski definition) is 2. The molecule has 0 fully saturated rings. The first-order chi connectivity index (χ1) is 13.4. The molecule has 1 amide bonds. The van der Waals surface area contributed by atoms with Crippen molar-refractivity contribution in [2.75, 3.05) is 5.32 Å². The van der Waals surface area contributed by atoms with Gasteiger partial charge in [0.1, 0.15) is 5.75 Å². The summed E-state index contributed by atoms with van der Waals surface area (Å²) in [6, 6.07) is 3.26. The van der Waals surface area contributed by atoms with E-state index in [1.165, 1.54) is 6.92 Å². The molecule has 2 aromatic carbocycles. The molecule has 3 nitrogen and oxygen atoms in total. The smallest absolute Gasteiger partial charge is 0.416 e. The molecule has 0 atom stereocenters. The maximum atomic E-state index is 13.9. The molecule has 0 radical (unpaired) electrons. The topological polar surface area (TPSA) is 49.3 Å². The van der Waals surface area contributed by atoms with Crippen LogP contribution in [0.4, 0.5) is 27.6 Å². The first-order valence-corrected chi connectivity index (χ1v) is 9.67. The number of amides is 1. The van der Waals surface area contributed by atoms with E-state index in [9.17, 15) is 31.9 Å². The van der Waals surface area contributed by atoms with Crippen LogP contribution in [0.25, 0.3) is 0 Å². The van der Waals surface area contributed by atoms with Gasteiger partial charge in [-0.1, -0.05) is 42.8 Å². The molecule has 0 aliphatic heterocycles. The monoisotopic (exact) mass is 493 g/mol. The fraction of sp³-hybridized carbons (Fsp3) is 0.381. The van der Waals surface area contributed by atoms with Gasteiger partial charge in [-0.05, 0) is 36.1 Å². The number of rotatable bonds is 3. The summed E-state index contributed by atoms with van der Waals surface area (Å²) in [4.78, 5) is 12.9. The van der Waals surface area contributed by atoms with Gasteiger partial charge in [0.15, 0.2) is 0 Å². The van der Waals surface area contributed by atoms with Crippen LogP contribution in [0, 0.1) is 6.92 Å². The third-order valence-electron chi connectivity index (χ3n) is 4.60. The van der Waals surface area contributed by atoms with Gasteiger partial charge in [-0.15, -0.1) is 0 Å². The minimum atomic E-state index is -4.78. The number of phenolic OH excluding ortho intramolecular Hbond substituents is 1. The SMILES string of the molecule is Cc1c(Br)cc(C(C)(C)C)c(O)c1C(=O)Nc1cc(C(F)(F)F)ccc1C(C)(F)F. The molecule has 9 heteroatoms. The van der Waals surface area contributed by atoms with Crippen LogP contribution in [0.1, 0.15) is 60.3 Å². The Morgan fingerprint density at radius 1 is 1.00 bits per heavy atom.